The summed E-state index contributed by atoms with van der Waals surface area (Å²) < 4.78 is 0.754. The Morgan fingerprint density at radius 1 is 1.44 bits per heavy atom. The Morgan fingerprint density at radius 3 is 2.96 bits per heavy atom. The quantitative estimate of drug-likeness (QED) is 0.711. The number of nitrogens with one attached hydrogen (secondary N) is 2. The molecule has 130 valence electrons. The van der Waals surface area contributed by atoms with E-state index in [0.29, 0.717) is 23.7 Å². The number of thiophene rings is 2. The van der Waals surface area contributed by atoms with E-state index in [1.165, 1.54) is 16.2 Å². The fourth-order valence-corrected chi connectivity index (χ4v) is 5.53. The number of amides is 1. The zero-order chi connectivity index (χ0) is 17.8. The first kappa shape index (κ1) is 18.2. The SMILES string of the molecule is C=CC[NH+](CC(=O)Nc1sc2c(c1C#N)CCC2)Cc1ccc(Cl)s1. The number of nitrogens with zero attached hydrogens (tertiary/aromatic N) is 1. The summed E-state index contributed by atoms with van der Waals surface area (Å²) >= 11 is 9.07. The van der Waals surface area contributed by atoms with Gasteiger partial charge in [0, 0.05) is 4.88 Å². The molecule has 0 aromatic carbocycles. The normalized spacial score (nSPS) is 13.9. The van der Waals surface area contributed by atoms with Crippen LogP contribution in [-0.2, 0) is 24.2 Å². The van der Waals surface area contributed by atoms with Crippen LogP contribution in [0, 0.1) is 11.3 Å². The van der Waals surface area contributed by atoms with Gasteiger partial charge in [0.15, 0.2) is 6.54 Å². The monoisotopic (exact) mass is 392 g/mol. The Kier molecular flexibility index (Phi) is 5.92. The van der Waals surface area contributed by atoms with Crippen molar-refractivity contribution in [2.45, 2.75) is 25.8 Å². The van der Waals surface area contributed by atoms with Gasteiger partial charge in [0.05, 0.1) is 21.3 Å². The molecule has 25 heavy (non-hydrogen) atoms. The number of carbonyl (C=O) groups excluding carboxylic acids is 1. The van der Waals surface area contributed by atoms with E-state index < -0.39 is 0 Å². The number of hydrogen-bond donors (Lipinski definition) is 2. The molecule has 0 aliphatic heterocycles. The predicted octanol–water partition coefficient (Wildman–Crippen LogP) is 3.03. The molecular formula is C18H19ClN3OS2+. The maximum Gasteiger partial charge on any atom is 0.280 e. The van der Waals surface area contributed by atoms with Crippen LogP contribution in [0.25, 0.3) is 0 Å². The number of hydrogen-bond acceptors (Lipinski definition) is 4. The van der Waals surface area contributed by atoms with E-state index in [1.807, 2.05) is 18.2 Å². The van der Waals surface area contributed by atoms with Gasteiger partial charge in [0.2, 0.25) is 0 Å². The Bertz CT molecular complexity index is 834. The fraction of sp³-hybridized carbons (Fsp3) is 0.333. The largest absolute Gasteiger partial charge is 0.319 e. The summed E-state index contributed by atoms with van der Waals surface area (Å²) in [6, 6.07) is 6.13. The highest BCUT2D eigenvalue weighted by Crippen LogP contribution is 2.38. The third-order valence-corrected chi connectivity index (χ3v) is 6.62. The molecule has 0 bridgehead atoms. The first-order chi connectivity index (χ1) is 12.1. The molecule has 2 heterocycles. The summed E-state index contributed by atoms with van der Waals surface area (Å²) in [5.41, 5.74) is 1.78. The molecule has 1 unspecified atom stereocenters. The van der Waals surface area contributed by atoms with Crippen LogP contribution < -0.4 is 10.2 Å². The summed E-state index contributed by atoms with van der Waals surface area (Å²) in [5.74, 6) is -0.0732. The summed E-state index contributed by atoms with van der Waals surface area (Å²) in [6.07, 6.45) is 4.87. The summed E-state index contributed by atoms with van der Waals surface area (Å²) in [7, 11) is 0. The van der Waals surface area contributed by atoms with Gasteiger partial charge in [0.1, 0.15) is 17.6 Å². The van der Waals surface area contributed by atoms with Gasteiger partial charge >= 0.3 is 0 Å². The van der Waals surface area contributed by atoms with Crippen molar-refractivity contribution in [3.05, 3.63) is 50.0 Å². The number of quaternary nitrogens is 1. The van der Waals surface area contributed by atoms with Gasteiger partial charge in [-0.2, -0.15) is 5.26 Å². The standard InChI is InChI=1S/C18H18ClN3OS2/c1-2-8-22(10-12-6-7-16(19)24-12)11-17(23)21-18-14(9-20)13-4-3-5-15(13)25-18/h2,6-7H,1,3-5,8,10-11H2,(H,21,23)/p+1. The van der Waals surface area contributed by atoms with E-state index in [0.717, 1.165) is 45.5 Å². The number of rotatable bonds is 7. The summed E-state index contributed by atoms with van der Waals surface area (Å²) in [5, 5.41) is 13.1. The molecule has 0 radical (unpaired) electrons. The average Bonchev–Trinajstić information content (AvgIpc) is 3.23. The molecule has 7 heteroatoms. The molecule has 2 aromatic rings. The van der Waals surface area contributed by atoms with Gasteiger partial charge in [-0.15, -0.1) is 22.7 Å². The van der Waals surface area contributed by atoms with Crippen molar-refractivity contribution < 1.29 is 9.69 Å². The molecule has 0 saturated carbocycles. The molecule has 0 spiro atoms. The van der Waals surface area contributed by atoms with Gasteiger partial charge in [-0.3, -0.25) is 4.79 Å². The van der Waals surface area contributed by atoms with E-state index in [2.05, 4.69) is 18.0 Å². The van der Waals surface area contributed by atoms with E-state index in [9.17, 15) is 10.1 Å². The van der Waals surface area contributed by atoms with Crippen molar-refractivity contribution in [2.75, 3.05) is 18.4 Å². The Morgan fingerprint density at radius 2 is 2.28 bits per heavy atom. The third-order valence-electron chi connectivity index (χ3n) is 4.18. The highest BCUT2D eigenvalue weighted by atomic mass is 35.5. The Hall–Kier alpha value is -1.65. The van der Waals surface area contributed by atoms with Gasteiger partial charge in [-0.25, -0.2) is 0 Å². The summed E-state index contributed by atoms with van der Waals surface area (Å²) in [6.45, 7) is 5.53. The Balaban J connectivity index is 1.66. The number of aryl methyl sites for hydroxylation is 1. The van der Waals surface area contributed by atoms with Gasteiger partial charge < -0.3 is 10.2 Å². The summed E-state index contributed by atoms with van der Waals surface area (Å²) in [4.78, 5) is 16.0. The van der Waals surface area contributed by atoms with Crippen LogP contribution in [0.1, 0.15) is 27.3 Å². The minimum absolute atomic E-state index is 0.0732. The van der Waals surface area contributed by atoms with Crippen molar-refractivity contribution in [3.8, 4) is 6.07 Å². The Labute approximate surface area is 160 Å². The van der Waals surface area contributed by atoms with E-state index in [1.54, 1.807) is 11.3 Å². The minimum Gasteiger partial charge on any atom is -0.319 e. The first-order valence-corrected chi connectivity index (χ1v) is 10.1. The van der Waals surface area contributed by atoms with Crippen molar-refractivity contribution >= 4 is 45.2 Å². The van der Waals surface area contributed by atoms with Crippen LogP contribution in [0.4, 0.5) is 5.00 Å². The molecule has 1 aliphatic carbocycles. The second kappa shape index (κ2) is 8.15. The van der Waals surface area contributed by atoms with E-state index in [-0.39, 0.29) is 5.91 Å². The van der Waals surface area contributed by atoms with Crippen molar-refractivity contribution in [3.63, 3.8) is 0 Å². The third kappa shape index (κ3) is 4.31. The second-order valence-corrected chi connectivity index (χ2v) is 8.93. The number of nitriles is 1. The van der Waals surface area contributed by atoms with Gasteiger partial charge in [-0.1, -0.05) is 18.2 Å². The molecule has 1 atom stereocenters. The molecule has 0 fully saturated rings. The van der Waals surface area contributed by atoms with Crippen LogP contribution in [0.2, 0.25) is 4.34 Å². The minimum atomic E-state index is -0.0732. The lowest BCUT2D eigenvalue weighted by molar-refractivity contribution is -0.899. The van der Waals surface area contributed by atoms with Crippen molar-refractivity contribution in [1.29, 1.82) is 5.26 Å². The second-order valence-electron chi connectivity index (χ2n) is 6.02. The molecule has 2 aromatic heterocycles. The maximum atomic E-state index is 12.5. The first-order valence-electron chi connectivity index (χ1n) is 8.14. The molecule has 0 saturated heterocycles. The molecular weight excluding hydrogens is 374 g/mol. The lowest BCUT2D eigenvalue weighted by Crippen LogP contribution is -3.11. The van der Waals surface area contributed by atoms with Gasteiger partial charge in [0.25, 0.3) is 5.91 Å². The van der Waals surface area contributed by atoms with Crippen LogP contribution >= 0.6 is 34.3 Å². The highest BCUT2D eigenvalue weighted by molar-refractivity contribution is 7.17. The van der Waals surface area contributed by atoms with Crippen LogP contribution in [0.5, 0.6) is 0 Å². The van der Waals surface area contributed by atoms with Crippen LogP contribution in [0.15, 0.2) is 24.8 Å². The number of halogens is 1. The van der Waals surface area contributed by atoms with Crippen LogP contribution in [-0.4, -0.2) is 19.0 Å². The number of fused-ring (bicyclic) bond motifs is 1. The van der Waals surface area contributed by atoms with Crippen molar-refractivity contribution in [2.24, 2.45) is 0 Å². The maximum absolute atomic E-state index is 12.5. The molecule has 3 rings (SSSR count). The topological polar surface area (TPSA) is 57.3 Å². The molecule has 2 N–H and O–H groups in total. The zero-order valence-corrected chi connectivity index (χ0v) is 16.1. The molecule has 1 aliphatic rings. The fourth-order valence-electron chi connectivity index (χ4n) is 3.11. The van der Waals surface area contributed by atoms with Gasteiger partial charge in [-0.05, 0) is 43.0 Å². The number of carbonyl (C=O) groups is 1. The molecule has 4 nitrogen and oxygen atoms in total. The number of anilines is 1. The van der Waals surface area contributed by atoms with Crippen molar-refractivity contribution in [1.82, 2.24) is 0 Å². The molecule has 1 amide bonds. The van der Waals surface area contributed by atoms with Crippen LogP contribution in [0.3, 0.4) is 0 Å². The van der Waals surface area contributed by atoms with E-state index in [4.69, 9.17) is 11.6 Å². The average molecular weight is 393 g/mol. The highest BCUT2D eigenvalue weighted by Gasteiger charge is 2.24. The lowest BCUT2D eigenvalue weighted by Gasteiger charge is -2.16. The predicted molar refractivity (Wildman–Crippen MR) is 104 cm³/mol. The van der Waals surface area contributed by atoms with E-state index >= 15 is 0 Å². The smallest absolute Gasteiger partial charge is 0.280 e. The lowest BCUT2D eigenvalue weighted by atomic mass is 10.1. The zero-order valence-electron chi connectivity index (χ0n) is 13.7.